The van der Waals surface area contributed by atoms with E-state index in [4.69, 9.17) is 0 Å². The third-order valence-corrected chi connectivity index (χ3v) is 3.70. The van der Waals surface area contributed by atoms with Crippen molar-refractivity contribution in [3.05, 3.63) is 29.3 Å². The molecule has 0 bridgehead atoms. The third kappa shape index (κ3) is 3.47. The van der Waals surface area contributed by atoms with Gasteiger partial charge in [-0.25, -0.2) is 0 Å². The van der Waals surface area contributed by atoms with Crippen LogP contribution in [-0.4, -0.2) is 29.6 Å². The van der Waals surface area contributed by atoms with Crippen molar-refractivity contribution in [2.45, 2.75) is 45.2 Å². The van der Waals surface area contributed by atoms with Gasteiger partial charge >= 0.3 is 0 Å². The molecule has 0 spiro atoms. The Kier molecular flexibility index (Phi) is 4.43. The lowest BCUT2D eigenvalue weighted by atomic mass is 9.99. The molecule has 2 rings (SSSR count). The van der Waals surface area contributed by atoms with Gasteiger partial charge in [-0.15, -0.1) is 0 Å². The Morgan fingerprint density at radius 1 is 1.47 bits per heavy atom. The molecule has 0 radical (unpaired) electrons. The number of rotatable bonds is 3. The largest absolute Gasteiger partial charge is 0.507 e. The van der Waals surface area contributed by atoms with Gasteiger partial charge in [-0.2, -0.15) is 0 Å². The molecule has 19 heavy (non-hydrogen) atoms. The zero-order valence-corrected chi connectivity index (χ0v) is 11.6. The second-order valence-electron chi connectivity index (χ2n) is 5.38. The Hall–Kier alpha value is -1.55. The number of hydrogen-bond acceptors (Lipinski definition) is 3. The summed E-state index contributed by atoms with van der Waals surface area (Å²) in [5.74, 6) is -0.133. The zero-order valence-electron chi connectivity index (χ0n) is 11.6. The fourth-order valence-corrected chi connectivity index (χ4v) is 2.55. The Morgan fingerprint density at radius 3 is 3.00 bits per heavy atom. The van der Waals surface area contributed by atoms with Gasteiger partial charge in [0.2, 0.25) is 0 Å². The first-order chi connectivity index (χ1) is 9.08. The van der Waals surface area contributed by atoms with E-state index in [0.29, 0.717) is 24.2 Å². The van der Waals surface area contributed by atoms with Crippen LogP contribution in [0, 0.1) is 6.92 Å². The van der Waals surface area contributed by atoms with Crippen molar-refractivity contribution in [1.29, 1.82) is 0 Å². The Balaban J connectivity index is 1.92. The van der Waals surface area contributed by atoms with Crippen LogP contribution in [0.25, 0.3) is 0 Å². The van der Waals surface area contributed by atoms with Crippen LogP contribution in [0.15, 0.2) is 18.2 Å². The third-order valence-electron chi connectivity index (χ3n) is 3.70. The predicted octanol–water partition coefficient (Wildman–Crippen LogP) is 1.96. The number of hydrogen-bond donors (Lipinski definition) is 3. The van der Waals surface area contributed by atoms with E-state index in [9.17, 15) is 9.90 Å². The van der Waals surface area contributed by atoms with E-state index in [-0.39, 0.29) is 11.7 Å². The average molecular weight is 262 g/mol. The van der Waals surface area contributed by atoms with Crippen molar-refractivity contribution < 1.29 is 9.90 Å². The van der Waals surface area contributed by atoms with Gasteiger partial charge in [0.05, 0.1) is 5.56 Å². The molecule has 3 N–H and O–H groups in total. The lowest BCUT2D eigenvalue weighted by molar-refractivity contribution is 0.0943. The highest BCUT2D eigenvalue weighted by Gasteiger charge is 2.19. The first-order valence-corrected chi connectivity index (χ1v) is 6.90. The molecule has 1 fully saturated rings. The van der Waals surface area contributed by atoms with Crippen LogP contribution in [0.2, 0.25) is 0 Å². The molecule has 104 valence electrons. The van der Waals surface area contributed by atoms with E-state index in [1.54, 1.807) is 25.1 Å². The molecule has 1 heterocycles. The number of carbonyl (C=O) groups is 1. The summed E-state index contributed by atoms with van der Waals surface area (Å²) in [7, 11) is 0. The highest BCUT2D eigenvalue weighted by atomic mass is 16.3. The van der Waals surface area contributed by atoms with E-state index < -0.39 is 0 Å². The van der Waals surface area contributed by atoms with Gasteiger partial charge in [-0.05, 0) is 38.3 Å². The molecular weight excluding hydrogens is 240 g/mol. The van der Waals surface area contributed by atoms with Gasteiger partial charge in [0.1, 0.15) is 5.75 Å². The van der Waals surface area contributed by atoms with E-state index >= 15 is 0 Å². The van der Waals surface area contributed by atoms with Crippen molar-refractivity contribution >= 4 is 5.91 Å². The minimum Gasteiger partial charge on any atom is -0.507 e. The monoisotopic (exact) mass is 262 g/mol. The van der Waals surface area contributed by atoms with E-state index in [0.717, 1.165) is 12.0 Å². The van der Waals surface area contributed by atoms with Gasteiger partial charge in [-0.1, -0.05) is 18.6 Å². The SMILES string of the molecule is Cc1cccc(C(=O)NCC2CCCC(C)N2)c1O. The minimum atomic E-state index is -0.207. The number of aryl methyl sites for hydroxylation is 1. The van der Waals surface area contributed by atoms with Gasteiger partial charge in [0.25, 0.3) is 5.91 Å². The first-order valence-electron chi connectivity index (χ1n) is 6.90. The van der Waals surface area contributed by atoms with Crippen LogP contribution < -0.4 is 10.6 Å². The molecule has 4 nitrogen and oxygen atoms in total. The number of piperidine rings is 1. The van der Waals surface area contributed by atoms with E-state index in [1.807, 2.05) is 0 Å². The summed E-state index contributed by atoms with van der Waals surface area (Å²) in [6.45, 7) is 4.56. The number of amides is 1. The zero-order chi connectivity index (χ0) is 13.8. The number of nitrogens with one attached hydrogen (secondary N) is 2. The number of aromatic hydroxyl groups is 1. The molecule has 0 aromatic heterocycles. The molecule has 1 aromatic rings. The van der Waals surface area contributed by atoms with Gasteiger partial charge in [-0.3, -0.25) is 4.79 Å². The summed E-state index contributed by atoms with van der Waals surface area (Å²) in [6.07, 6.45) is 3.48. The molecule has 1 aromatic carbocycles. The highest BCUT2D eigenvalue weighted by Crippen LogP contribution is 2.21. The molecule has 0 saturated carbocycles. The summed E-state index contributed by atoms with van der Waals surface area (Å²) in [6, 6.07) is 6.07. The number of phenols is 1. The van der Waals surface area contributed by atoms with Crippen LogP contribution in [0.1, 0.15) is 42.1 Å². The van der Waals surface area contributed by atoms with Crippen molar-refractivity contribution in [1.82, 2.24) is 10.6 Å². The van der Waals surface area contributed by atoms with Gasteiger partial charge in [0.15, 0.2) is 0 Å². The first kappa shape index (κ1) is 13.9. The lowest BCUT2D eigenvalue weighted by Crippen LogP contribution is -2.47. The highest BCUT2D eigenvalue weighted by molar-refractivity contribution is 5.97. The molecule has 4 heteroatoms. The fourth-order valence-electron chi connectivity index (χ4n) is 2.55. The number of carbonyl (C=O) groups excluding carboxylic acids is 1. The minimum absolute atomic E-state index is 0.0740. The van der Waals surface area contributed by atoms with E-state index in [1.165, 1.54) is 12.8 Å². The van der Waals surface area contributed by atoms with Gasteiger partial charge < -0.3 is 15.7 Å². The summed E-state index contributed by atoms with van der Waals surface area (Å²) < 4.78 is 0. The Labute approximate surface area is 114 Å². The van der Waals surface area contributed by atoms with Crippen LogP contribution in [0.3, 0.4) is 0 Å². The molecule has 0 aliphatic carbocycles. The van der Waals surface area contributed by atoms with Crippen molar-refractivity contribution in [2.75, 3.05) is 6.54 Å². The topological polar surface area (TPSA) is 61.4 Å². The smallest absolute Gasteiger partial charge is 0.255 e. The summed E-state index contributed by atoms with van der Waals surface area (Å²) in [5, 5.41) is 16.2. The maximum Gasteiger partial charge on any atom is 0.255 e. The van der Waals surface area contributed by atoms with Crippen LogP contribution >= 0.6 is 0 Å². The van der Waals surface area contributed by atoms with Crippen molar-refractivity contribution in [2.24, 2.45) is 0 Å². The van der Waals surface area contributed by atoms with Crippen molar-refractivity contribution in [3.8, 4) is 5.75 Å². The summed E-state index contributed by atoms with van der Waals surface area (Å²) >= 11 is 0. The quantitative estimate of drug-likeness (QED) is 0.780. The number of phenolic OH excluding ortho intramolecular Hbond substituents is 1. The molecule has 1 amide bonds. The maximum absolute atomic E-state index is 12.0. The molecule has 2 atom stereocenters. The standard InChI is InChI=1S/C15H22N2O2/c1-10-5-3-8-13(14(10)18)15(19)16-9-12-7-4-6-11(2)17-12/h3,5,8,11-12,17-18H,4,6-7,9H2,1-2H3,(H,16,19). The van der Waals surface area contributed by atoms with E-state index in [2.05, 4.69) is 17.6 Å². The Morgan fingerprint density at radius 2 is 2.26 bits per heavy atom. The fraction of sp³-hybridized carbons (Fsp3) is 0.533. The summed E-state index contributed by atoms with van der Waals surface area (Å²) in [5.41, 5.74) is 1.07. The average Bonchev–Trinajstić information content (AvgIpc) is 2.39. The summed E-state index contributed by atoms with van der Waals surface area (Å²) in [4.78, 5) is 12.0. The second-order valence-corrected chi connectivity index (χ2v) is 5.38. The van der Waals surface area contributed by atoms with Gasteiger partial charge in [0, 0.05) is 18.6 Å². The number of benzene rings is 1. The predicted molar refractivity (Wildman–Crippen MR) is 75.4 cm³/mol. The number of para-hydroxylation sites is 1. The van der Waals surface area contributed by atoms with Crippen LogP contribution in [0.5, 0.6) is 5.75 Å². The molecular formula is C15H22N2O2. The molecule has 2 unspecified atom stereocenters. The second kappa shape index (κ2) is 6.06. The normalized spacial score (nSPS) is 23.1. The lowest BCUT2D eigenvalue weighted by Gasteiger charge is -2.28. The molecule has 1 saturated heterocycles. The van der Waals surface area contributed by atoms with Crippen molar-refractivity contribution in [3.63, 3.8) is 0 Å². The van der Waals surface area contributed by atoms with Crippen LogP contribution in [0.4, 0.5) is 0 Å². The van der Waals surface area contributed by atoms with Crippen LogP contribution in [-0.2, 0) is 0 Å². The maximum atomic E-state index is 12.0. The molecule has 1 aliphatic rings. The molecule has 1 aliphatic heterocycles. The Bertz CT molecular complexity index is 459.